The molecule has 0 aromatic heterocycles. The summed E-state index contributed by atoms with van der Waals surface area (Å²) in [6, 6.07) is 3.35. The molecule has 1 aromatic carbocycles. The summed E-state index contributed by atoms with van der Waals surface area (Å²) in [5.41, 5.74) is -0.237. The van der Waals surface area contributed by atoms with E-state index in [4.69, 9.17) is 9.47 Å². The van der Waals surface area contributed by atoms with Gasteiger partial charge in [0, 0.05) is 31.2 Å². The smallest absolute Gasteiger partial charge is 0.311 e. The van der Waals surface area contributed by atoms with Crippen molar-refractivity contribution in [3.05, 3.63) is 34.1 Å². The summed E-state index contributed by atoms with van der Waals surface area (Å²) in [7, 11) is 1.83. The van der Waals surface area contributed by atoms with Crippen LogP contribution in [-0.4, -0.2) is 36.8 Å². The van der Waals surface area contributed by atoms with Crippen LogP contribution in [0.2, 0.25) is 0 Å². The molecular weight excluding hydrogens is 279 g/mol. The molecular formula is C14H19FN2O4. The Morgan fingerprint density at radius 3 is 2.90 bits per heavy atom. The van der Waals surface area contributed by atoms with E-state index in [1.54, 1.807) is 0 Å². The van der Waals surface area contributed by atoms with Gasteiger partial charge in [-0.3, -0.25) is 10.1 Å². The van der Waals surface area contributed by atoms with Gasteiger partial charge >= 0.3 is 5.69 Å². The van der Waals surface area contributed by atoms with Crippen molar-refractivity contribution in [2.45, 2.75) is 38.0 Å². The third kappa shape index (κ3) is 3.48. The number of nitrogens with one attached hydrogen (secondary N) is 1. The maximum atomic E-state index is 13.3. The predicted molar refractivity (Wildman–Crippen MR) is 75.0 cm³/mol. The molecule has 7 heteroatoms. The van der Waals surface area contributed by atoms with E-state index < -0.39 is 10.7 Å². The van der Waals surface area contributed by atoms with Crippen molar-refractivity contribution in [3.63, 3.8) is 0 Å². The van der Waals surface area contributed by atoms with Crippen LogP contribution < -0.4 is 10.1 Å². The van der Waals surface area contributed by atoms with Gasteiger partial charge in [0.05, 0.1) is 4.92 Å². The maximum absolute atomic E-state index is 13.3. The Hall–Kier alpha value is -1.73. The number of rotatable bonds is 7. The first-order chi connectivity index (χ1) is 10.1. The Morgan fingerprint density at radius 2 is 2.29 bits per heavy atom. The third-order valence-electron chi connectivity index (χ3n) is 3.53. The molecule has 0 aliphatic heterocycles. The Balaban J connectivity index is 2.10. The van der Waals surface area contributed by atoms with Gasteiger partial charge in [0.1, 0.15) is 18.0 Å². The summed E-state index contributed by atoms with van der Waals surface area (Å²) in [6.07, 6.45) is 1.05. The normalized spacial score (nSPS) is 24.4. The highest BCUT2D eigenvalue weighted by molar-refractivity contribution is 5.46. The van der Waals surface area contributed by atoms with E-state index in [1.807, 2.05) is 14.0 Å². The quantitative estimate of drug-likeness (QED) is 0.617. The number of benzene rings is 1. The molecule has 21 heavy (non-hydrogen) atoms. The summed E-state index contributed by atoms with van der Waals surface area (Å²) in [6.45, 7) is 2.59. The van der Waals surface area contributed by atoms with Crippen LogP contribution >= 0.6 is 0 Å². The van der Waals surface area contributed by atoms with E-state index in [2.05, 4.69) is 5.32 Å². The van der Waals surface area contributed by atoms with E-state index in [9.17, 15) is 14.5 Å². The topological polar surface area (TPSA) is 73.6 Å². The van der Waals surface area contributed by atoms with Gasteiger partial charge in [-0.05, 0) is 19.5 Å². The van der Waals surface area contributed by atoms with E-state index in [0.29, 0.717) is 13.0 Å². The summed E-state index contributed by atoms with van der Waals surface area (Å²) in [5.74, 6) is -0.615. The molecule has 0 saturated heterocycles. The Labute approximate surface area is 122 Å². The first-order valence-corrected chi connectivity index (χ1v) is 6.96. The van der Waals surface area contributed by atoms with Crippen LogP contribution in [0.25, 0.3) is 0 Å². The van der Waals surface area contributed by atoms with Crippen molar-refractivity contribution in [2.75, 3.05) is 13.7 Å². The molecule has 1 saturated carbocycles. The van der Waals surface area contributed by atoms with Crippen LogP contribution in [0.5, 0.6) is 5.75 Å². The van der Waals surface area contributed by atoms with Gasteiger partial charge < -0.3 is 14.8 Å². The molecule has 0 bridgehead atoms. The molecule has 2 rings (SSSR count). The summed E-state index contributed by atoms with van der Waals surface area (Å²) in [4.78, 5) is 10.4. The fourth-order valence-corrected chi connectivity index (χ4v) is 2.35. The molecule has 0 heterocycles. The van der Waals surface area contributed by atoms with Gasteiger partial charge in [0.2, 0.25) is 0 Å². The van der Waals surface area contributed by atoms with Crippen LogP contribution in [-0.2, 0) is 4.74 Å². The third-order valence-corrected chi connectivity index (χ3v) is 3.53. The molecule has 116 valence electrons. The average Bonchev–Trinajstić information content (AvgIpc) is 2.43. The lowest BCUT2D eigenvalue weighted by molar-refractivity contribution is -0.386. The van der Waals surface area contributed by atoms with Crippen molar-refractivity contribution < 1.29 is 18.8 Å². The fourth-order valence-electron chi connectivity index (χ4n) is 2.35. The summed E-state index contributed by atoms with van der Waals surface area (Å²) < 4.78 is 24.6. The summed E-state index contributed by atoms with van der Waals surface area (Å²) in [5, 5.41) is 14.1. The lowest BCUT2D eigenvalue weighted by atomic mass is 9.85. The molecule has 3 atom stereocenters. The highest BCUT2D eigenvalue weighted by Crippen LogP contribution is 2.34. The maximum Gasteiger partial charge on any atom is 0.311 e. The number of nitro groups is 1. The van der Waals surface area contributed by atoms with Crippen LogP contribution in [0.15, 0.2) is 18.2 Å². The first-order valence-electron chi connectivity index (χ1n) is 6.96. The van der Waals surface area contributed by atoms with Crippen LogP contribution in [0.1, 0.15) is 19.8 Å². The van der Waals surface area contributed by atoms with Gasteiger partial charge in [0.15, 0.2) is 5.75 Å². The lowest BCUT2D eigenvalue weighted by Crippen LogP contribution is -2.60. The lowest BCUT2D eigenvalue weighted by Gasteiger charge is -2.43. The SMILES string of the molecule is CCCOC1C(NC)CC1Oc1cc(F)ccc1[N+](=O)[O-]. The molecule has 1 fully saturated rings. The number of nitrogens with zero attached hydrogens (tertiary/aromatic N) is 1. The highest BCUT2D eigenvalue weighted by Gasteiger charge is 2.43. The molecule has 0 amide bonds. The van der Waals surface area contributed by atoms with Crippen LogP contribution in [0.4, 0.5) is 10.1 Å². The van der Waals surface area contributed by atoms with Gasteiger partial charge in [-0.2, -0.15) is 0 Å². The van der Waals surface area contributed by atoms with Gasteiger partial charge in [-0.25, -0.2) is 4.39 Å². The Morgan fingerprint density at radius 1 is 1.52 bits per heavy atom. The molecule has 1 aromatic rings. The highest BCUT2D eigenvalue weighted by atomic mass is 19.1. The van der Waals surface area contributed by atoms with Crippen molar-refractivity contribution in [3.8, 4) is 5.75 Å². The number of likely N-dealkylation sites (N-methyl/N-ethyl adjacent to an activating group) is 1. The largest absolute Gasteiger partial charge is 0.481 e. The Kier molecular flexibility index (Phi) is 5.08. The zero-order chi connectivity index (χ0) is 15.4. The van der Waals surface area contributed by atoms with Gasteiger partial charge in [0.25, 0.3) is 0 Å². The van der Waals surface area contributed by atoms with E-state index in [-0.39, 0.29) is 29.7 Å². The van der Waals surface area contributed by atoms with Crippen LogP contribution in [0, 0.1) is 15.9 Å². The van der Waals surface area contributed by atoms with Gasteiger partial charge in [-0.15, -0.1) is 0 Å². The second-order valence-electron chi connectivity index (χ2n) is 4.99. The molecule has 6 nitrogen and oxygen atoms in total. The summed E-state index contributed by atoms with van der Waals surface area (Å²) >= 11 is 0. The first kappa shape index (κ1) is 15.7. The minimum Gasteiger partial charge on any atom is -0.481 e. The van der Waals surface area contributed by atoms with E-state index in [0.717, 1.165) is 24.6 Å². The average molecular weight is 298 g/mol. The van der Waals surface area contributed by atoms with Crippen molar-refractivity contribution in [2.24, 2.45) is 0 Å². The van der Waals surface area contributed by atoms with E-state index >= 15 is 0 Å². The number of halogens is 1. The molecule has 1 aliphatic carbocycles. The number of hydrogen-bond acceptors (Lipinski definition) is 5. The minimum absolute atomic E-state index is 0.0512. The number of hydrogen-bond donors (Lipinski definition) is 1. The van der Waals surface area contributed by atoms with E-state index in [1.165, 1.54) is 0 Å². The second kappa shape index (κ2) is 6.82. The second-order valence-corrected chi connectivity index (χ2v) is 4.99. The molecule has 0 radical (unpaired) electrons. The van der Waals surface area contributed by atoms with Crippen molar-refractivity contribution >= 4 is 5.69 Å². The predicted octanol–water partition coefficient (Wildman–Crippen LogP) is 2.27. The molecule has 1 N–H and O–H groups in total. The standard InChI is InChI=1S/C14H19FN2O4/c1-3-6-20-14-10(16-2)8-13(14)21-12-7-9(15)4-5-11(12)17(18)19/h4-5,7,10,13-14,16H,3,6,8H2,1-2H3. The minimum atomic E-state index is -0.578. The molecule has 3 unspecified atom stereocenters. The molecule has 0 spiro atoms. The number of nitro benzene ring substituents is 1. The van der Waals surface area contributed by atoms with Crippen molar-refractivity contribution in [1.29, 1.82) is 0 Å². The number of ether oxygens (including phenoxy) is 2. The van der Waals surface area contributed by atoms with Crippen molar-refractivity contribution in [1.82, 2.24) is 5.32 Å². The fraction of sp³-hybridized carbons (Fsp3) is 0.571. The Bertz CT molecular complexity index is 512. The zero-order valence-corrected chi connectivity index (χ0v) is 12.0. The monoisotopic (exact) mass is 298 g/mol. The molecule has 1 aliphatic rings. The van der Waals surface area contributed by atoms with Crippen LogP contribution in [0.3, 0.4) is 0 Å². The zero-order valence-electron chi connectivity index (χ0n) is 12.0. The van der Waals surface area contributed by atoms with Gasteiger partial charge in [-0.1, -0.05) is 6.92 Å².